The number of phenolic OH excluding ortho intramolecular Hbond substituents is 2. The number of aromatic hydroxyl groups is 2. The molecule has 0 spiro atoms. The molecule has 0 aliphatic rings. The summed E-state index contributed by atoms with van der Waals surface area (Å²) in [4.78, 5) is 16.5. The molecule has 1 aromatic heterocycles. The maximum Gasteiger partial charge on any atom is 0.342 e. The number of rotatable bonds is 3. The Morgan fingerprint density at radius 3 is 2.42 bits per heavy atom. The lowest BCUT2D eigenvalue weighted by atomic mass is 9.99. The Morgan fingerprint density at radius 1 is 1.00 bits per heavy atom. The number of carbonyl (C=O) groups is 1. The summed E-state index contributed by atoms with van der Waals surface area (Å²) in [6.45, 7) is 3.54. The molecule has 0 atom stereocenters. The largest absolute Gasteiger partial charge is 0.508 e. The van der Waals surface area contributed by atoms with Gasteiger partial charge in [-0.15, -0.1) is 0 Å². The predicted octanol–water partition coefficient (Wildman–Crippen LogP) is 3.74. The molecule has 0 fully saturated rings. The molecule has 0 amide bonds. The third-order valence-corrected chi connectivity index (χ3v) is 3.88. The highest BCUT2D eigenvalue weighted by atomic mass is 16.6. The Hall–Kier alpha value is -3.08. The first-order valence-electron chi connectivity index (χ1n) is 7.46. The molecule has 5 nitrogen and oxygen atoms in total. The highest BCUT2D eigenvalue weighted by molar-refractivity contribution is 5.99. The van der Waals surface area contributed by atoms with Gasteiger partial charge in [0.15, 0.2) is 0 Å². The minimum atomic E-state index is -0.875. The quantitative estimate of drug-likeness (QED) is 0.718. The third-order valence-electron chi connectivity index (χ3n) is 3.88. The number of nitrogens with zero attached hydrogens (tertiary/aromatic N) is 1. The van der Waals surface area contributed by atoms with Gasteiger partial charge in [0.2, 0.25) is 0 Å². The highest BCUT2D eigenvalue weighted by Gasteiger charge is 2.27. The second-order valence-corrected chi connectivity index (χ2v) is 6.04. The third kappa shape index (κ3) is 3.01. The molecule has 0 aliphatic heterocycles. The van der Waals surface area contributed by atoms with Crippen LogP contribution in [0.15, 0.2) is 54.9 Å². The standard InChI is InChI=1S/C19H17NO4/c1-19(2,14-5-7-20-8-6-14)24-18(23)16-10-13-9-15(21)4-3-12(13)11-17(16)22/h3-11,21-22H,1-2H3. The first-order chi connectivity index (χ1) is 11.4. The van der Waals surface area contributed by atoms with Crippen LogP contribution < -0.4 is 0 Å². The van der Waals surface area contributed by atoms with Crippen molar-refractivity contribution in [3.05, 3.63) is 66.0 Å². The number of pyridine rings is 1. The number of esters is 1. The summed E-state index contributed by atoms with van der Waals surface area (Å²) < 4.78 is 5.58. The van der Waals surface area contributed by atoms with Crippen molar-refractivity contribution < 1.29 is 19.7 Å². The molecule has 122 valence electrons. The van der Waals surface area contributed by atoms with Crippen molar-refractivity contribution in [2.75, 3.05) is 0 Å². The minimum absolute atomic E-state index is 0.0511. The summed E-state index contributed by atoms with van der Waals surface area (Å²) >= 11 is 0. The number of fused-ring (bicyclic) bond motifs is 1. The Morgan fingerprint density at radius 2 is 1.71 bits per heavy atom. The van der Waals surface area contributed by atoms with Gasteiger partial charge in [0.25, 0.3) is 0 Å². The lowest BCUT2D eigenvalue weighted by Crippen LogP contribution is -2.25. The van der Waals surface area contributed by atoms with E-state index in [1.807, 2.05) is 0 Å². The van der Waals surface area contributed by atoms with Gasteiger partial charge in [-0.05, 0) is 66.6 Å². The van der Waals surface area contributed by atoms with Crippen molar-refractivity contribution in [2.45, 2.75) is 19.4 Å². The van der Waals surface area contributed by atoms with E-state index in [4.69, 9.17) is 4.74 Å². The zero-order valence-corrected chi connectivity index (χ0v) is 13.4. The van der Waals surface area contributed by atoms with Crippen LogP contribution in [0.3, 0.4) is 0 Å². The molecular weight excluding hydrogens is 306 g/mol. The van der Waals surface area contributed by atoms with Crippen LogP contribution in [0.1, 0.15) is 29.8 Å². The summed E-state index contributed by atoms with van der Waals surface area (Å²) in [7, 11) is 0. The molecule has 0 bridgehead atoms. The number of benzene rings is 2. The minimum Gasteiger partial charge on any atom is -0.508 e. The number of hydrogen-bond donors (Lipinski definition) is 2. The molecule has 0 radical (unpaired) electrons. The van der Waals surface area contributed by atoms with Crippen LogP contribution in [-0.4, -0.2) is 21.2 Å². The van der Waals surface area contributed by atoms with E-state index in [0.29, 0.717) is 5.39 Å². The molecule has 0 saturated carbocycles. The van der Waals surface area contributed by atoms with Crippen molar-refractivity contribution >= 4 is 16.7 Å². The van der Waals surface area contributed by atoms with Crippen LogP contribution >= 0.6 is 0 Å². The molecule has 3 rings (SSSR count). The average molecular weight is 323 g/mol. The summed E-state index contributed by atoms with van der Waals surface area (Å²) in [5, 5.41) is 21.1. The van der Waals surface area contributed by atoms with E-state index in [1.165, 1.54) is 24.3 Å². The molecule has 24 heavy (non-hydrogen) atoms. The van der Waals surface area contributed by atoms with Crippen LogP contribution in [0.25, 0.3) is 10.8 Å². The van der Waals surface area contributed by atoms with Crippen LogP contribution in [0.2, 0.25) is 0 Å². The average Bonchev–Trinajstić information content (AvgIpc) is 2.55. The van der Waals surface area contributed by atoms with Crippen molar-refractivity contribution in [1.82, 2.24) is 4.98 Å². The van der Waals surface area contributed by atoms with Crippen LogP contribution in [0.5, 0.6) is 11.5 Å². The number of hydrogen-bond acceptors (Lipinski definition) is 5. The van der Waals surface area contributed by atoms with Gasteiger partial charge >= 0.3 is 5.97 Å². The Labute approximate surface area is 139 Å². The molecule has 5 heteroatoms. The Bertz CT molecular complexity index is 904. The fourth-order valence-electron chi connectivity index (χ4n) is 2.54. The summed E-state index contributed by atoms with van der Waals surface area (Å²) in [6.07, 6.45) is 3.25. The van der Waals surface area contributed by atoms with Gasteiger partial charge in [0, 0.05) is 12.4 Å². The topological polar surface area (TPSA) is 79.7 Å². The molecule has 0 aliphatic carbocycles. The maximum absolute atomic E-state index is 12.5. The smallest absolute Gasteiger partial charge is 0.342 e. The summed E-state index contributed by atoms with van der Waals surface area (Å²) in [5.74, 6) is -0.715. The van der Waals surface area contributed by atoms with Gasteiger partial charge < -0.3 is 14.9 Å². The van der Waals surface area contributed by atoms with Crippen LogP contribution in [0, 0.1) is 0 Å². The van der Waals surface area contributed by atoms with E-state index >= 15 is 0 Å². The van der Waals surface area contributed by atoms with E-state index in [0.717, 1.165) is 10.9 Å². The van der Waals surface area contributed by atoms with Crippen molar-refractivity contribution in [1.29, 1.82) is 0 Å². The number of phenols is 2. The maximum atomic E-state index is 12.5. The van der Waals surface area contributed by atoms with Gasteiger partial charge in [-0.25, -0.2) is 4.79 Å². The van der Waals surface area contributed by atoms with Crippen molar-refractivity contribution in [3.63, 3.8) is 0 Å². The Kier molecular flexibility index (Phi) is 3.85. The normalized spacial score (nSPS) is 11.4. The first kappa shape index (κ1) is 15.8. The fourth-order valence-corrected chi connectivity index (χ4v) is 2.54. The molecule has 1 heterocycles. The zero-order valence-electron chi connectivity index (χ0n) is 13.4. The van der Waals surface area contributed by atoms with E-state index < -0.39 is 11.6 Å². The molecular formula is C19H17NO4. The molecule has 0 unspecified atom stereocenters. The molecule has 2 aromatic carbocycles. The number of aromatic nitrogens is 1. The van der Waals surface area contributed by atoms with Crippen molar-refractivity contribution in [3.8, 4) is 11.5 Å². The van der Waals surface area contributed by atoms with Crippen molar-refractivity contribution in [2.24, 2.45) is 0 Å². The van der Waals surface area contributed by atoms with Gasteiger partial charge in [-0.2, -0.15) is 0 Å². The zero-order chi connectivity index (χ0) is 17.3. The van der Waals surface area contributed by atoms with E-state index in [1.54, 1.807) is 44.4 Å². The molecule has 3 aromatic rings. The van der Waals surface area contributed by atoms with E-state index in [9.17, 15) is 15.0 Å². The molecule has 2 N–H and O–H groups in total. The second kappa shape index (κ2) is 5.85. The highest BCUT2D eigenvalue weighted by Crippen LogP contribution is 2.31. The van der Waals surface area contributed by atoms with Crippen LogP contribution in [0.4, 0.5) is 0 Å². The van der Waals surface area contributed by atoms with E-state index in [-0.39, 0.29) is 17.1 Å². The monoisotopic (exact) mass is 323 g/mol. The van der Waals surface area contributed by atoms with Gasteiger partial charge in [-0.3, -0.25) is 4.98 Å². The predicted molar refractivity (Wildman–Crippen MR) is 90.0 cm³/mol. The number of ether oxygens (including phenoxy) is 1. The van der Waals surface area contributed by atoms with Gasteiger partial charge in [0.1, 0.15) is 22.7 Å². The lowest BCUT2D eigenvalue weighted by molar-refractivity contribution is -0.00340. The second-order valence-electron chi connectivity index (χ2n) is 6.04. The van der Waals surface area contributed by atoms with Crippen LogP contribution in [-0.2, 0) is 10.3 Å². The SMILES string of the molecule is CC(C)(OC(=O)c1cc2cc(O)ccc2cc1O)c1ccncc1. The summed E-state index contributed by atoms with van der Waals surface area (Å²) in [6, 6.07) is 11.2. The van der Waals surface area contributed by atoms with Gasteiger partial charge in [0.05, 0.1) is 0 Å². The fraction of sp³-hybridized carbons (Fsp3) is 0.158. The number of carbonyl (C=O) groups excluding carboxylic acids is 1. The Balaban J connectivity index is 1.95. The van der Waals surface area contributed by atoms with E-state index in [2.05, 4.69) is 4.98 Å². The first-order valence-corrected chi connectivity index (χ1v) is 7.46. The summed E-state index contributed by atoms with van der Waals surface area (Å²) in [5.41, 5.74) is -0.0285. The van der Waals surface area contributed by atoms with Gasteiger partial charge in [-0.1, -0.05) is 6.07 Å². The lowest BCUT2D eigenvalue weighted by Gasteiger charge is -2.25. The molecule has 0 saturated heterocycles.